The maximum atomic E-state index is 12.9. The quantitative estimate of drug-likeness (QED) is 0.282. The fourth-order valence-electron chi connectivity index (χ4n) is 4.50. The lowest BCUT2D eigenvalue weighted by atomic mass is 9.98. The summed E-state index contributed by atoms with van der Waals surface area (Å²) in [5.41, 5.74) is -0.195. The Kier molecular flexibility index (Phi) is 9.19. The normalized spacial score (nSPS) is 21.4. The van der Waals surface area contributed by atoms with Crippen molar-refractivity contribution in [2.45, 2.75) is 58.4 Å². The van der Waals surface area contributed by atoms with Gasteiger partial charge in [-0.3, -0.25) is 24.0 Å². The second-order valence-corrected chi connectivity index (χ2v) is 9.52. The van der Waals surface area contributed by atoms with Gasteiger partial charge < -0.3 is 43.1 Å². The highest BCUT2D eigenvalue weighted by atomic mass is 16.7. The number of hydrogen-bond acceptors (Lipinski definition) is 14. The van der Waals surface area contributed by atoms with Crippen LogP contribution in [-0.2, 0) is 42.9 Å². The maximum Gasteiger partial charge on any atom is 0.303 e. The lowest BCUT2D eigenvalue weighted by Gasteiger charge is -2.43. The maximum absolute atomic E-state index is 12.9. The average molecular weight is 601 g/mol. The van der Waals surface area contributed by atoms with Crippen LogP contribution in [0.25, 0.3) is 22.3 Å². The summed E-state index contributed by atoms with van der Waals surface area (Å²) in [4.78, 5) is 60.4. The number of benzene rings is 2. The summed E-state index contributed by atoms with van der Waals surface area (Å²) in [6.45, 7) is 3.92. The number of ether oxygens (including phenoxy) is 6. The van der Waals surface area contributed by atoms with Gasteiger partial charge in [-0.1, -0.05) is 0 Å². The number of phenols is 2. The topological polar surface area (TPSA) is 194 Å². The van der Waals surface area contributed by atoms with Gasteiger partial charge in [0.05, 0.1) is 0 Å². The van der Waals surface area contributed by atoms with Gasteiger partial charge in [-0.15, -0.1) is 0 Å². The summed E-state index contributed by atoms with van der Waals surface area (Å²) in [5.74, 6) is -3.64. The molecule has 0 aliphatic carbocycles. The standard InChI is InChI=1S/C29H28O14/c1-13(30)37-12-24-26(38-14(2)31)27(39-15(3)32)28(40-16(4)33)29(43-24)41-19-9-20(35)25-21(36)11-22(42-23(25)10-19)17-5-7-18(34)8-6-17/h5-11,24,26-29,34-35H,12H2,1-4H3/t24-,26-,27+,28-,29-/m1/s1. The van der Waals surface area contributed by atoms with E-state index in [1.54, 1.807) is 0 Å². The van der Waals surface area contributed by atoms with Crippen LogP contribution in [0.3, 0.4) is 0 Å². The van der Waals surface area contributed by atoms with E-state index in [-0.39, 0.29) is 28.2 Å². The molecule has 228 valence electrons. The van der Waals surface area contributed by atoms with Crippen molar-refractivity contribution >= 4 is 34.8 Å². The zero-order valence-corrected chi connectivity index (χ0v) is 23.4. The van der Waals surface area contributed by atoms with E-state index in [9.17, 15) is 34.2 Å². The van der Waals surface area contributed by atoms with Crippen LogP contribution in [0.15, 0.2) is 51.7 Å². The van der Waals surface area contributed by atoms with Gasteiger partial charge in [0, 0.05) is 51.5 Å². The first kappa shape index (κ1) is 30.8. The summed E-state index contributed by atoms with van der Waals surface area (Å²) in [6.07, 6.45) is -7.22. The zero-order chi connectivity index (χ0) is 31.4. The molecule has 0 unspecified atom stereocenters. The molecule has 4 rings (SSSR count). The van der Waals surface area contributed by atoms with Crippen molar-refractivity contribution in [1.82, 2.24) is 0 Å². The molecule has 1 fully saturated rings. The van der Waals surface area contributed by atoms with E-state index < -0.39 is 72.4 Å². The number of hydrogen-bond donors (Lipinski definition) is 2. The third kappa shape index (κ3) is 7.40. The first-order valence-electron chi connectivity index (χ1n) is 12.9. The number of carbonyl (C=O) groups excluding carboxylic acids is 4. The van der Waals surface area contributed by atoms with Crippen LogP contribution in [0.4, 0.5) is 0 Å². The Labute approximate surface area is 243 Å². The fourth-order valence-corrected chi connectivity index (χ4v) is 4.50. The van der Waals surface area contributed by atoms with E-state index in [2.05, 4.69) is 0 Å². The van der Waals surface area contributed by atoms with Gasteiger partial charge in [0.15, 0.2) is 17.6 Å². The van der Waals surface area contributed by atoms with Gasteiger partial charge in [0.1, 0.15) is 46.7 Å². The molecule has 1 saturated heterocycles. The number of aromatic hydroxyl groups is 2. The molecule has 0 saturated carbocycles. The molecule has 5 atom stereocenters. The first-order valence-corrected chi connectivity index (χ1v) is 12.9. The van der Waals surface area contributed by atoms with Gasteiger partial charge >= 0.3 is 23.9 Å². The Morgan fingerprint density at radius 2 is 1.40 bits per heavy atom. The zero-order valence-electron chi connectivity index (χ0n) is 23.4. The molecule has 1 aromatic heterocycles. The van der Waals surface area contributed by atoms with Crippen molar-refractivity contribution in [3.8, 4) is 28.6 Å². The first-order chi connectivity index (χ1) is 20.3. The van der Waals surface area contributed by atoms with Crippen LogP contribution in [0.1, 0.15) is 27.7 Å². The molecule has 0 radical (unpaired) electrons. The van der Waals surface area contributed by atoms with E-state index in [4.69, 9.17) is 32.8 Å². The van der Waals surface area contributed by atoms with E-state index in [0.29, 0.717) is 5.56 Å². The van der Waals surface area contributed by atoms with Crippen LogP contribution < -0.4 is 10.2 Å². The molecule has 2 aromatic carbocycles. The summed E-state index contributed by atoms with van der Waals surface area (Å²) < 4.78 is 38.8. The molecule has 14 heteroatoms. The third-order valence-electron chi connectivity index (χ3n) is 6.14. The highest BCUT2D eigenvalue weighted by Gasteiger charge is 2.53. The van der Waals surface area contributed by atoms with Gasteiger partial charge in [0.25, 0.3) is 0 Å². The highest BCUT2D eigenvalue weighted by molar-refractivity contribution is 5.86. The molecule has 1 aliphatic rings. The SMILES string of the molecule is CC(=O)OC[C@H]1O[C@@H](Oc2cc(O)c3c(=O)cc(-c4ccc(O)cc4)oc3c2)[C@H](OC(C)=O)[C@@H](OC(C)=O)[C@@H]1OC(C)=O. The predicted octanol–water partition coefficient (Wildman–Crippen LogP) is 2.33. The second-order valence-electron chi connectivity index (χ2n) is 9.52. The van der Waals surface area contributed by atoms with E-state index >= 15 is 0 Å². The van der Waals surface area contributed by atoms with Crippen molar-refractivity contribution in [1.29, 1.82) is 0 Å². The molecule has 0 spiro atoms. The van der Waals surface area contributed by atoms with Crippen LogP contribution in [0.5, 0.6) is 17.2 Å². The average Bonchev–Trinajstić information content (AvgIpc) is 2.90. The van der Waals surface area contributed by atoms with Gasteiger partial charge in [0.2, 0.25) is 12.4 Å². The van der Waals surface area contributed by atoms with Crippen LogP contribution in [-0.4, -0.2) is 71.4 Å². The Hall–Kier alpha value is -5.11. The van der Waals surface area contributed by atoms with Gasteiger partial charge in [-0.05, 0) is 24.3 Å². The van der Waals surface area contributed by atoms with Crippen molar-refractivity contribution < 1.29 is 62.2 Å². The van der Waals surface area contributed by atoms with E-state index in [1.807, 2.05) is 0 Å². The molecule has 1 aliphatic heterocycles. The summed E-state index contributed by atoms with van der Waals surface area (Å²) in [7, 11) is 0. The minimum Gasteiger partial charge on any atom is -0.508 e. The number of esters is 4. The van der Waals surface area contributed by atoms with Crippen molar-refractivity contribution in [2.75, 3.05) is 6.61 Å². The Morgan fingerprint density at radius 3 is 2.00 bits per heavy atom. The molecule has 2 heterocycles. The summed E-state index contributed by atoms with van der Waals surface area (Å²) in [5, 5.41) is 20.1. The highest BCUT2D eigenvalue weighted by Crippen LogP contribution is 2.35. The van der Waals surface area contributed by atoms with Crippen LogP contribution in [0.2, 0.25) is 0 Å². The molecule has 43 heavy (non-hydrogen) atoms. The molecule has 3 aromatic rings. The monoisotopic (exact) mass is 600 g/mol. The van der Waals surface area contributed by atoms with Gasteiger partial charge in [-0.2, -0.15) is 0 Å². The Balaban J connectivity index is 1.77. The molecule has 0 amide bonds. The molecule has 14 nitrogen and oxygen atoms in total. The van der Waals surface area contributed by atoms with Crippen molar-refractivity contribution in [3.05, 3.63) is 52.7 Å². The lowest BCUT2D eigenvalue weighted by Crippen LogP contribution is -2.63. The van der Waals surface area contributed by atoms with Crippen LogP contribution >= 0.6 is 0 Å². The number of fused-ring (bicyclic) bond motifs is 1. The molecule has 0 bridgehead atoms. The largest absolute Gasteiger partial charge is 0.508 e. The minimum absolute atomic E-state index is 0.00467. The number of rotatable bonds is 8. The number of phenolic OH excluding ortho intramolecular Hbond substituents is 2. The fraction of sp³-hybridized carbons (Fsp3) is 0.345. The Bertz CT molecular complexity index is 1590. The summed E-state index contributed by atoms with van der Waals surface area (Å²) in [6, 6.07) is 9.40. The predicted molar refractivity (Wildman–Crippen MR) is 144 cm³/mol. The van der Waals surface area contributed by atoms with E-state index in [1.165, 1.54) is 36.4 Å². The van der Waals surface area contributed by atoms with Crippen LogP contribution in [0, 0.1) is 0 Å². The number of carbonyl (C=O) groups is 4. The van der Waals surface area contributed by atoms with E-state index in [0.717, 1.165) is 33.8 Å². The van der Waals surface area contributed by atoms with Gasteiger partial charge in [-0.25, -0.2) is 0 Å². The second kappa shape index (κ2) is 12.8. The van der Waals surface area contributed by atoms with Crippen molar-refractivity contribution in [3.63, 3.8) is 0 Å². The molecule has 2 N–H and O–H groups in total. The smallest absolute Gasteiger partial charge is 0.303 e. The minimum atomic E-state index is -1.58. The van der Waals surface area contributed by atoms with Crippen molar-refractivity contribution in [2.24, 2.45) is 0 Å². The summed E-state index contributed by atoms with van der Waals surface area (Å²) >= 11 is 0. The Morgan fingerprint density at radius 1 is 0.791 bits per heavy atom. The molecular weight excluding hydrogens is 572 g/mol. The third-order valence-corrected chi connectivity index (χ3v) is 6.14. The molecular formula is C29H28O14. The lowest BCUT2D eigenvalue weighted by molar-refractivity contribution is -0.288.